The van der Waals surface area contributed by atoms with Gasteiger partial charge in [0.2, 0.25) is 5.60 Å². The van der Waals surface area contributed by atoms with E-state index in [9.17, 15) is 9.18 Å². The van der Waals surface area contributed by atoms with Crippen LogP contribution in [-0.4, -0.2) is 26.2 Å². The average Bonchev–Trinajstić information content (AvgIpc) is 2.69. The zero-order chi connectivity index (χ0) is 21.2. The number of carbonyl (C=O) groups is 1. The molecule has 1 aliphatic rings. The van der Waals surface area contributed by atoms with E-state index in [1.165, 1.54) is 12.1 Å². The Hall–Kier alpha value is -2.11. The SMILES string of the molecule is CCc1cc(F)cc(C2(C)Oc3cc(Cl)c(C)cc3N(CCCCOC)C2=O)c1. The van der Waals surface area contributed by atoms with E-state index in [1.54, 1.807) is 25.0 Å². The molecular weight excluding hydrogens is 393 g/mol. The summed E-state index contributed by atoms with van der Waals surface area (Å²) in [4.78, 5) is 15.3. The summed E-state index contributed by atoms with van der Waals surface area (Å²) < 4.78 is 25.6. The van der Waals surface area contributed by atoms with Gasteiger partial charge in [0.1, 0.15) is 11.6 Å². The van der Waals surface area contributed by atoms with E-state index in [0.717, 1.165) is 24.0 Å². The fourth-order valence-corrected chi connectivity index (χ4v) is 3.78. The topological polar surface area (TPSA) is 38.8 Å². The summed E-state index contributed by atoms with van der Waals surface area (Å²) >= 11 is 6.33. The van der Waals surface area contributed by atoms with Gasteiger partial charge in [-0.15, -0.1) is 0 Å². The number of anilines is 1. The Morgan fingerprint density at radius 3 is 2.66 bits per heavy atom. The first-order valence-electron chi connectivity index (χ1n) is 9.90. The van der Waals surface area contributed by atoms with Crippen LogP contribution in [0.15, 0.2) is 30.3 Å². The van der Waals surface area contributed by atoms with Crippen LogP contribution in [0.25, 0.3) is 0 Å². The van der Waals surface area contributed by atoms with Crippen molar-refractivity contribution >= 4 is 23.2 Å². The molecule has 1 amide bonds. The second-order valence-electron chi connectivity index (χ2n) is 7.56. The highest BCUT2D eigenvalue weighted by Gasteiger charge is 2.46. The van der Waals surface area contributed by atoms with Crippen LogP contribution in [-0.2, 0) is 21.6 Å². The Morgan fingerprint density at radius 1 is 1.21 bits per heavy atom. The standard InChI is InChI=1S/C23H27ClFNO3/c1-5-16-11-17(13-18(25)12-16)23(3)22(27)26(8-6-7-9-28-4)20-10-15(2)19(24)14-21(20)29-23/h10-14H,5-9H2,1-4H3. The molecule has 2 aromatic carbocycles. The van der Waals surface area contributed by atoms with Crippen LogP contribution in [0, 0.1) is 12.7 Å². The zero-order valence-corrected chi connectivity index (χ0v) is 18.1. The third kappa shape index (κ3) is 4.26. The summed E-state index contributed by atoms with van der Waals surface area (Å²) in [5, 5.41) is 0.563. The van der Waals surface area contributed by atoms with Gasteiger partial charge in [0.15, 0.2) is 0 Å². The Balaban J connectivity index is 2.06. The highest BCUT2D eigenvalue weighted by molar-refractivity contribution is 6.31. The van der Waals surface area contributed by atoms with Gasteiger partial charge in [0.25, 0.3) is 5.91 Å². The number of ether oxygens (including phenoxy) is 2. The number of benzene rings is 2. The molecule has 6 heteroatoms. The first-order chi connectivity index (χ1) is 13.8. The van der Waals surface area contributed by atoms with Gasteiger partial charge in [0.05, 0.1) is 5.69 Å². The summed E-state index contributed by atoms with van der Waals surface area (Å²) in [7, 11) is 1.66. The molecule has 0 saturated heterocycles. The maximum Gasteiger partial charge on any atom is 0.275 e. The number of hydrogen-bond acceptors (Lipinski definition) is 3. The van der Waals surface area contributed by atoms with Gasteiger partial charge in [-0.2, -0.15) is 0 Å². The molecule has 29 heavy (non-hydrogen) atoms. The van der Waals surface area contributed by atoms with Crippen molar-refractivity contribution in [2.75, 3.05) is 25.2 Å². The molecule has 0 aromatic heterocycles. The molecule has 0 bridgehead atoms. The van der Waals surface area contributed by atoms with E-state index in [0.29, 0.717) is 41.6 Å². The monoisotopic (exact) mass is 419 g/mol. The largest absolute Gasteiger partial charge is 0.471 e. The van der Waals surface area contributed by atoms with Crippen molar-refractivity contribution in [2.45, 2.75) is 45.6 Å². The molecular formula is C23H27ClFNO3. The minimum absolute atomic E-state index is 0.211. The van der Waals surface area contributed by atoms with Gasteiger partial charge < -0.3 is 14.4 Å². The Bertz CT molecular complexity index is 917. The Labute approximate surface area is 176 Å². The fourth-order valence-electron chi connectivity index (χ4n) is 3.62. The van der Waals surface area contributed by atoms with Crippen molar-refractivity contribution in [1.82, 2.24) is 0 Å². The predicted octanol–water partition coefficient (Wildman–Crippen LogP) is 5.42. The maximum atomic E-state index is 14.2. The van der Waals surface area contributed by atoms with Crippen LogP contribution >= 0.6 is 11.6 Å². The number of unbranched alkanes of at least 4 members (excludes halogenated alkanes) is 1. The van der Waals surface area contributed by atoms with Crippen molar-refractivity contribution in [3.8, 4) is 5.75 Å². The lowest BCUT2D eigenvalue weighted by molar-refractivity contribution is -0.135. The van der Waals surface area contributed by atoms with Gasteiger partial charge in [-0.1, -0.05) is 24.6 Å². The quantitative estimate of drug-likeness (QED) is 0.562. The molecule has 1 atom stereocenters. The maximum absolute atomic E-state index is 14.2. The smallest absolute Gasteiger partial charge is 0.275 e. The highest BCUT2D eigenvalue weighted by atomic mass is 35.5. The number of carbonyl (C=O) groups excluding carboxylic acids is 1. The molecule has 1 aliphatic heterocycles. The predicted molar refractivity (Wildman–Crippen MR) is 113 cm³/mol. The summed E-state index contributed by atoms with van der Waals surface area (Å²) in [6, 6.07) is 8.30. The van der Waals surface area contributed by atoms with E-state index in [-0.39, 0.29) is 11.7 Å². The number of fused-ring (bicyclic) bond motifs is 1. The number of aryl methyl sites for hydroxylation is 2. The van der Waals surface area contributed by atoms with Gasteiger partial charge in [0, 0.05) is 36.9 Å². The van der Waals surface area contributed by atoms with E-state index in [1.807, 2.05) is 26.0 Å². The van der Waals surface area contributed by atoms with E-state index in [4.69, 9.17) is 21.1 Å². The van der Waals surface area contributed by atoms with Crippen LogP contribution in [0.3, 0.4) is 0 Å². The zero-order valence-electron chi connectivity index (χ0n) is 17.4. The third-order valence-corrected chi connectivity index (χ3v) is 5.80. The molecule has 0 N–H and O–H groups in total. The number of amides is 1. The van der Waals surface area contributed by atoms with E-state index in [2.05, 4.69) is 0 Å². The molecule has 4 nitrogen and oxygen atoms in total. The van der Waals surface area contributed by atoms with Crippen LogP contribution in [0.2, 0.25) is 5.02 Å². The fraction of sp³-hybridized carbons (Fsp3) is 0.435. The van der Waals surface area contributed by atoms with Crippen molar-refractivity contribution < 1.29 is 18.7 Å². The first-order valence-corrected chi connectivity index (χ1v) is 10.3. The molecule has 0 radical (unpaired) electrons. The van der Waals surface area contributed by atoms with Crippen molar-refractivity contribution in [3.05, 3.63) is 57.9 Å². The van der Waals surface area contributed by atoms with Crippen LogP contribution in [0.1, 0.15) is 43.4 Å². The van der Waals surface area contributed by atoms with Crippen molar-refractivity contribution in [2.24, 2.45) is 0 Å². The highest BCUT2D eigenvalue weighted by Crippen LogP contribution is 2.44. The Kier molecular flexibility index (Phi) is 6.49. The number of hydrogen-bond donors (Lipinski definition) is 0. The molecule has 1 unspecified atom stereocenters. The van der Waals surface area contributed by atoms with Crippen molar-refractivity contribution in [3.63, 3.8) is 0 Å². The van der Waals surface area contributed by atoms with Gasteiger partial charge in [-0.05, 0) is 62.4 Å². The molecule has 0 aliphatic carbocycles. The lowest BCUT2D eigenvalue weighted by Gasteiger charge is -2.41. The second-order valence-corrected chi connectivity index (χ2v) is 7.97. The normalized spacial score (nSPS) is 18.6. The molecule has 1 heterocycles. The number of rotatable bonds is 7. The van der Waals surface area contributed by atoms with Crippen LogP contribution < -0.4 is 9.64 Å². The minimum atomic E-state index is -1.33. The number of methoxy groups -OCH3 is 1. The molecule has 0 saturated carbocycles. The lowest BCUT2D eigenvalue weighted by Crippen LogP contribution is -2.52. The number of halogens is 2. The van der Waals surface area contributed by atoms with Gasteiger partial charge in [-0.3, -0.25) is 4.79 Å². The number of nitrogens with zero attached hydrogens (tertiary/aromatic N) is 1. The molecule has 156 valence electrons. The summed E-state index contributed by atoms with van der Waals surface area (Å²) in [6.45, 7) is 6.69. The average molecular weight is 420 g/mol. The van der Waals surface area contributed by atoms with Crippen LogP contribution in [0.4, 0.5) is 10.1 Å². The molecule has 2 aromatic rings. The summed E-state index contributed by atoms with van der Waals surface area (Å²) in [6.07, 6.45) is 2.28. The molecule has 3 rings (SSSR count). The second kappa shape index (κ2) is 8.72. The van der Waals surface area contributed by atoms with Crippen LogP contribution in [0.5, 0.6) is 5.75 Å². The minimum Gasteiger partial charge on any atom is -0.471 e. The first kappa shape index (κ1) is 21.6. The van der Waals surface area contributed by atoms with Gasteiger partial charge >= 0.3 is 0 Å². The molecule has 0 fully saturated rings. The molecule has 0 spiro atoms. The van der Waals surface area contributed by atoms with Crippen molar-refractivity contribution in [1.29, 1.82) is 0 Å². The lowest BCUT2D eigenvalue weighted by atomic mass is 9.90. The summed E-state index contributed by atoms with van der Waals surface area (Å²) in [5.74, 6) is -0.0649. The Morgan fingerprint density at radius 2 is 1.97 bits per heavy atom. The van der Waals surface area contributed by atoms with E-state index >= 15 is 0 Å². The van der Waals surface area contributed by atoms with E-state index < -0.39 is 5.60 Å². The van der Waals surface area contributed by atoms with Gasteiger partial charge in [-0.25, -0.2) is 4.39 Å². The summed E-state index contributed by atoms with van der Waals surface area (Å²) in [5.41, 5.74) is 1.55. The third-order valence-electron chi connectivity index (χ3n) is 5.40.